The van der Waals surface area contributed by atoms with Crippen LogP contribution in [0.1, 0.15) is 42.0 Å². The molecule has 0 radical (unpaired) electrons. The topological polar surface area (TPSA) is 51.0 Å². The molecule has 1 fully saturated rings. The maximum atomic E-state index is 12.8. The number of carbonyl (C=O) groups is 1. The van der Waals surface area contributed by atoms with Gasteiger partial charge in [-0.15, -0.1) is 0 Å². The first-order valence-electron chi connectivity index (χ1n) is 9.04. The number of likely N-dealkylation sites (tertiary alicyclic amines) is 1. The van der Waals surface area contributed by atoms with Crippen LogP contribution >= 0.6 is 11.6 Å². The maximum absolute atomic E-state index is 12.8. The smallest absolute Gasteiger partial charge is 0.253 e. The van der Waals surface area contributed by atoms with Crippen molar-refractivity contribution in [3.63, 3.8) is 0 Å². The first-order chi connectivity index (χ1) is 12.7. The maximum Gasteiger partial charge on any atom is 0.253 e. The Morgan fingerprint density at radius 1 is 1.31 bits per heavy atom. The molecule has 0 unspecified atom stereocenters. The van der Waals surface area contributed by atoms with Crippen molar-refractivity contribution in [3.8, 4) is 0 Å². The fourth-order valence-corrected chi connectivity index (χ4v) is 3.89. The average Bonchev–Trinajstić information content (AvgIpc) is 3.25. The number of hydrogen-bond acceptors (Lipinski definition) is 3. The molecule has 1 aromatic carbocycles. The molecular formula is C20H21ClN4O. The summed E-state index contributed by atoms with van der Waals surface area (Å²) >= 11 is 6.04. The number of halogens is 1. The molecule has 3 heterocycles. The minimum atomic E-state index is 0.0319. The standard InChI is InChI=1S/C20H21ClN4O/c1-2-5-18-23-17-8-4-10-22-19(17)25(18)16-9-11-24(13-16)20(26)14-6-3-7-15(21)12-14/h3-4,6-8,10,12,16H,2,5,9,11,13H2,1H3/t16-/m1/s1. The molecule has 5 nitrogen and oxygen atoms in total. The number of amides is 1. The summed E-state index contributed by atoms with van der Waals surface area (Å²) < 4.78 is 2.24. The molecule has 1 saturated heterocycles. The van der Waals surface area contributed by atoms with Gasteiger partial charge in [0, 0.05) is 36.3 Å². The lowest BCUT2D eigenvalue weighted by Gasteiger charge is -2.19. The van der Waals surface area contributed by atoms with Gasteiger partial charge in [-0.05, 0) is 43.2 Å². The van der Waals surface area contributed by atoms with E-state index in [2.05, 4.69) is 16.5 Å². The number of imidazole rings is 1. The molecule has 6 heteroatoms. The fourth-order valence-electron chi connectivity index (χ4n) is 3.70. The van der Waals surface area contributed by atoms with Gasteiger partial charge in [-0.3, -0.25) is 4.79 Å². The molecule has 1 atom stereocenters. The number of rotatable bonds is 4. The second-order valence-corrected chi connectivity index (χ2v) is 7.13. The van der Waals surface area contributed by atoms with E-state index in [0.29, 0.717) is 17.1 Å². The molecule has 1 amide bonds. The van der Waals surface area contributed by atoms with E-state index in [-0.39, 0.29) is 11.9 Å². The molecule has 3 aromatic rings. The molecule has 2 aromatic heterocycles. The van der Waals surface area contributed by atoms with Crippen LogP contribution < -0.4 is 0 Å². The van der Waals surface area contributed by atoms with Gasteiger partial charge in [0.25, 0.3) is 5.91 Å². The van der Waals surface area contributed by atoms with Crippen LogP contribution in [0.3, 0.4) is 0 Å². The third kappa shape index (κ3) is 3.07. The molecule has 4 rings (SSSR count). The van der Waals surface area contributed by atoms with Crippen LogP contribution in [0.15, 0.2) is 42.6 Å². The van der Waals surface area contributed by atoms with E-state index < -0.39 is 0 Å². The normalized spacial score (nSPS) is 17.2. The van der Waals surface area contributed by atoms with Gasteiger partial charge in [0.15, 0.2) is 5.65 Å². The van der Waals surface area contributed by atoms with Crippen molar-refractivity contribution in [2.24, 2.45) is 0 Å². The zero-order valence-electron chi connectivity index (χ0n) is 14.7. The van der Waals surface area contributed by atoms with Crippen molar-refractivity contribution < 1.29 is 4.79 Å². The lowest BCUT2D eigenvalue weighted by molar-refractivity contribution is 0.0787. The van der Waals surface area contributed by atoms with Gasteiger partial charge >= 0.3 is 0 Å². The Kier molecular flexibility index (Phi) is 4.64. The highest BCUT2D eigenvalue weighted by Crippen LogP contribution is 2.29. The minimum Gasteiger partial charge on any atom is -0.336 e. The average molecular weight is 369 g/mol. The number of nitrogens with zero attached hydrogens (tertiary/aromatic N) is 4. The summed E-state index contributed by atoms with van der Waals surface area (Å²) in [6.07, 6.45) is 4.65. The van der Waals surface area contributed by atoms with Crippen molar-refractivity contribution in [1.29, 1.82) is 0 Å². The van der Waals surface area contributed by atoms with Gasteiger partial charge < -0.3 is 9.47 Å². The molecule has 1 aliphatic heterocycles. The van der Waals surface area contributed by atoms with Crippen LogP contribution in [0, 0.1) is 0 Å². The third-order valence-electron chi connectivity index (χ3n) is 4.88. The van der Waals surface area contributed by atoms with Crippen LogP contribution in [0.25, 0.3) is 11.2 Å². The van der Waals surface area contributed by atoms with E-state index in [0.717, 1.165) is 42.8 Å². The predicted octanol–water partition coefficient (Wildman–Crippen LogP) is 4.12. The van der Waals surface area contributed by atoms with Gasteiger partial charge in [-0.2, -0.15) is 0 Å². The summed E-state index contributed by atoms with van der Waals surface area (Å²) in [5.41, 5.74) is 2.48. The van der Waals surface area contributed by atoms with Crippen LogP contribution in [0.5, 0.6) is 0 Å². The van der Waals surface area contributed by atoms with E-state index in [4.69, 9.17) is 16.6 Å². The largest absolute Gasteiger partial charge is 0.336 e. The Morgan fingerprint density at radius 2 is 2.19 bits per heavy atom. The molecule has 0 N–H and O–H groups in total. The lowest BCUT2D eigenvalue weighted by Crippen LogP contribution is -2.29. The lowest BCUT2D eigenvalue weighted by atomic mass is 10.2. The predicted molar refractivity (Wildman–Crippen MR) is 103 cm³/mol. The minimum absolute atomic E-state index is 0.0319. The van der Waals surface area contributed by atoms with E-state index in [9.17, 15) is 4.79 Å². The quantitative estimate of drug-likeness (QED) is 0.695. The number of aromatic nitrogens is 3. The second kappa shape index (κ2) is 7.08. The summed E-state index contributed by atoms with van der Waals surface area (Å²) in [7, 11) is 0. The number of pyridine rings is 1. The molecule has 26 heavy (non-hydrogen) atoms. The fraction of sp³-hybridized carbons (Fsp3) is 0.350. The van der Waals surface area contributed by atoms with Crippen LogP contribution in [0.2, 0.25) is 5.02 Å². The van der Waals surface area contributed by atoms with Crippen LogP contribution in [-0.4, -0.2) is 38.4 Å². The molecule has 1 aliphatic rings. The van der Waals surface area contributed by atoms with E-state index in [1.165, 1.54) is 0 Å². The molecule has 0 bridgehead atoms. The summed E-state index contributed by atoms with van der Waals surface area (Å²) in [6, 6.07) is 11.3. The Labute approximate surface area is 157 Å². The SMILES string of the molecule is CCCc1nc2cccnc2n1[C@@H]1CCN(C(=O)c2cccc(Cl)c2)C1. The highest BCUT2D eigenvalue weighted by molar-refractivity contribution is 6.30. The molecule has 0 saturated carbocycles. The first-order valence-corrected chi connectivity index (χ1v) is 9.42. The van der Waals surface area contributed by atoms with Crippen molar-refractivity contribution >= 4 is 28.7 Å². The summed E-state index contributed by atoms with van der Waals surface area (Å²) in [6.45, 7) is 3.55. The van der Waals surface area contributed by atoms with Gasteiger partial charge in [0.1, 0.15) is 11.3 Å². The monoisotopic (exact) mass is 368 g/mol. The Hall–Kier alpha value is -2.40. The van der Waals surface area contributed by atoms with E-state index in [1.807, 2.05) is 29.2 Å². The first kappa shape index (κ1) is 17.0. The number of aryl methyl sites for hydroxylation is 1. The summed E-state index contributed by atoms with van der Waals surface area (Å²) in [5, 5.41) is 0.585. The van der Waals surface area contributed by atoms with Crippen molar-refractivity contribution in [3.05, 3.63) is 59.0 Å². The van der Waals surface area contributed by atoms with Crippen molar-refractivity contribution in [2.75, 3.05) is 13.1 Å². The number of carbonyl (C=O) groups excluding carboxylic acids is 1. The zero-order valence-corrected chi connectivity index (χ0v) is 15.5. The number of hydrogen-bond donors (Lipinski definition) is 0. The van der Waals surface area contributed by atoms with E-state index in [1.54, 1.807) is 18.3 Å². The van der Waals surface area contributed by atoms with Crippen LogP contribution in [-0.2, 0) is 6.42 Å². The van der Waals surface area contributed by atoms with Gasteiger partial charge in [0.2, 0.25) is 0 Å². The molecule has 0 aliphatic carbocycles. The van der Waals surface area contributed by atoms with Gasteiger partial charge in [0.05, 0.1) is 6.04 Å². The Morgan fingerprint density at radius 3 is 3.00 bits per heavy atom. The number of fused-ring (bicyclic) bond motifs is 1. The summed E-state index contributed by atoms with van der Waals surface area (Å²) in [4.78, 5) is 24.0. The van der Waals surface area contributed by atoms with E-state index >= 15 is 0 Å². The second-order valence-electron chi connectivity index (χ2n) is 6.70. The Balaban J connectivity index is 1.62. The molecule has 134 valence electrons. The van der Waals surface area contributed by atoms with Crippen molar-refractivity contribution in [1.82, 2.24) is 19.4 Å². The highest BCUT2D eigenvalue weighted by atomic mass is 35.5. The van der Waals surface area contributed by atoms with Crippen LogP contribution in [0.4, 0.5) is 0 Å². The Bertz CT molecular complexity index is 952. The third-order valence-corrected chi connectivity index (χ3v) is 5.12. The zero-order chi connectivity index (χ0) is 18.1. The summed E-state index contributed by atoms with van der Waals surface area (Å²) in [5.74, 6) is 1.09. The highest BCUT2D eigenvalue weighted by Gasteiger charge is 2.30. The van der Waals surface area contributed by atoms with Crippen molar-refractivity contribution in [2.45, 2.75) is 32.2 Å². The van der Waals surface area contributed by atoms with Gasteiger partial charge in [-0.25, -0.2) is 9.97 Å². The van der Waals surface area contributed by atoms with Gasteiger partial charge in [-0.1, -0.05) is 24.6 Å². The number of benzene rings is 1. The molecular weight excluding hydrogens is 348 g/mol. The molecule has 0 spiro atoms.